The minimum atomic E-state index is -1.86. The van der Waals surface area contributed by atoms with E-state index in [4.69, 9.17) is 14.4 Å². The molecule has 0 unspecified atom stereocenters. The molecule has 247 valence electrons. The Labute approximate surface area is 304 Å². The van der Waals surface area contributed by atoms with E-state index in [0.29, 0.717) is 5.92 Å². The van der Waals surface area contributed by atoms with Crippen molar-refractivity contribution in [3.05, 3.63) is 145 Å². The number of furan rings is 1. The van der Waals surface area contributed by atoms with Crippen LogP contribution in [0.25, 0.3) is 61.3 Å². The summed E-state index contributed by atoms with van der Waals surface area (Å²) in [4.78, 5) is 9.65. The molecule has 0 saturated heterocycles. The van der Waals surface area contributed by atoms with Crippen molar-refractivity contribution >= 4 is 50.6 Å². The topological polar surface area (TPSA) is 43.9 Å². The molecular formula is C43H39GeIrN3O-2. The fourth-order valence-corrected chi connectivity index (χ4v) is 9.70. The molecule has 3 heterocycles. The van der Waals surface area contributed by atoms with Crippen LogP contribution >= 0.6 is 0 Å². The Hall–Kier alpha value is -4.29. The normalized spacial score (nSPS) is 11.5. The second-order valence-electron chi connectivity index (χ2n) is 13.6. The molecular weight excluding hydrogens is 839 g/mol. The van der Waals surface area contributed by atoms with Crippen LogP contribution in [0.2, 0.25) is 17.3 Å². The molecule has 49 heavy (non-hydrogen) atoms. The minimum Gasteiger partial charge on any atom is -0.501 e. The Morgan fingerprint density at radius 2 is 1.51 bits per heavy atom. The molecule has 0 spiro atoms. The molecule has 0 aliphatic carbocycles. The Morgan fingerprint density at radius 3 is 2.27 bits per heavy atom. The third-order valence-electron chi connectivity index (χ3n) is 8.55. The van der Waals surface area contributed by atoms with Crippen LogP contribution in [0, 0.1) is 18.1 Å². The molecule has 0 amide bonds. The number of benzene rings is 5. The molecule has 0 saturated carbocycles. The molecule has 5 aromatic carbocycles. The molecule has 0 aliphatic rings. The quantitative estimate of drug-likeness (QED) is 0.123. The molecule has 3 aromatic heterocycles. The van der Waals surface area contributed by atoms with Gasteiger partial charge in [0.15, 0.2) is 0 Å². The summed E-state index contributed by atoms with van der Waals surface area (Å²) >= 11 is -1.86. The number of imidazole rings is 1. The Morgan fingerprint density at radius 1 is 0.776 bits per heavy atom. The van der Waals surface area contributed by atoms with Crippen LogP contribution in [-0.4, -0.2) is 27.8 Å². The molecule has 6 heteroatoms. The van der Waals surface area contributed by atoms with Crippen LogP contribution < -0.4 is 4.40 Å². The number of pyridine rings is 1. The van der Waals surface area contributed by atoms with Gasteiger partial charge in [0.25, 0.3) is 0 Å². The third-order valence-corrected chi connectivity index (χ3v) is 12.9. The Kier molecular flexibility index (Phi) is 10.4. The van der Waals surface area contributed by atoms with Crippen molar-refractivity contribution in [2.75, 3.05) is 0 Å². The summed E-state index contributed by atoms with van der Waals surface area (Å²) in [7, 11) is 0. The predicted molar refractivity (Wildman–Crippen MR) is 203 cm³/mol. The maximum Gasteiger partial charge on any atom is 0.120 e. The van der Waals surface area contributed by atoms with Gasteiger partial charge in [0.1, 0.15) is 5.58 Å². The van der Waals surface area contributed by atoms with Crippen LogP contribution in [0.1, 0.15) is 19.4 Å². The fraction of sp³-hybridized carbons (Fsp3) is 0.163. The maximum absolute atomic E-state index is 6.24. The number of para-hydroxylation sites is 4. The monoisotopic (exact) mass is 880 g/mol. The standard InChI is InChI=1S/C25H15N2O.C18H24GeN.Ir/c1-2-9-17(10-3-1)27-22-15-6-5-14-21(22)26-25(27)20-13-8-12-19-18-11-4-7-16-23(18)28-24(19)20;1-14(2)11-16-12-18(15-9-7-6-8-10-15)20-13-17(16)19(3,4)5;/h1-12,14-16H;6-9,12-14H,11H2,1-5H3;/q2*-1;. The molecule has 4 nitrogen and oxygen atoms in total. The van der Waals surface area contributed by atoms with Crippen molar-refractivity contribution in [3.8, 4) is 28.3 Å². The molecule has 0 bridgehead atoms. The van der Waals surface area contributed by atoms with Gasteiger partial charge in [-0.3, -0.25) is 4.98 Å². The maximum atomic E-state index is 6.24. The van der Waals surface area contributed by atoms with Gasteiger partial charge in [-0.05, 0) is 30.3 Å². The van der Waals surface area contributed by atoms with Gasteiger partial charge in [0.05, 0.1) is 22.4 Å². The van der Waals surface area contributed by atoms with Crippen molar-refractivity contribution in [1.82, 2.24) is 14.5 Å². The second kappa shape index (κ2) is 14.7. The first-order valence-electron chi connectivity index (χ1n) is 16.6. The van der Waals surface area contributed by atoms with Crippen LogP contribution in [0.15, 0.2) is 132 Å². The summed E-state index contributed by atoms with van der Waals surface area (Å²) in [6.07, 6.45) is 3.27. The Bertz CT molecular complexity index is 2340. The largest absolute Gasteiger partial charge is 0.501 e. The number of hydrogen-bond donors (Lipinski definition) is 0. The zero-order valence-corrected chi connectivity index (χ0v) is 33.0. The number of aromatic nitrogens is 3. The van der Waals surface area contributed by atoms with Crippen LogP contribution in [-0.2, 0) is 26.5 Å². The van der Waals surface area contributed by atoms with E-state index < -0.39 is 13.3 Å². The van der Waals surface area contributed by atoms with Gasteiger partial charge >= 0.3 is 126 Å². The van der Waals surface area contributed by atoms with Crippen molar-refractivity contribution in [3.63, 3.8) is 0 Å². The minimum absolute atomic E-state index is 0. The van der Waals surface area contributed by atoms with E-state index in [2.05, 4.69) is 96.5 Å². The predicted octanol–water partition coefficient (Wildman–Crippen LogP) is 10.7. The number of fused-ring (bicyclic) bond motifs is 4. The summed E-state index contributed by atoms with van der Waals surface area (Å²) in [6.45, 7) is 4.57. The van der Waals surface area contributed by atoms with Crippen molar-refractivity contribution < 1.29 is 24.5 Å². The molecule has 1 radical (unpaired) electrons. The van der Waals surface area contributed by atoms with Gasteiger partial charge in [0, 0.05) is 31.2 Å². The van der Waals surface area contributed by atoms with Gasteiger partial charge in [-0.15, -0.1) is 18.2 Å². The first-order chi connectivity index (χ1) is 23.3. The SMILES string of the molecule is CC(C)Cc1cc(-c2[c-]cccc2)nc[c]1[Ge]([CH3])([CH3])[CH3].[Ir].[c-]1ccc2c(oc3ccccc32)c1-c1nc2ccccc2n1-c1ccccc1. The van der Waals surface area contributed by atoms with E-state index in [1.807, 2.05) is 78.9 Å². The van der Waals surface area contributed by atoms with Gasteiger partial charge in [-0.25, -0.2) is 0 Å². The van der Waals surface area contributed by atoms with Crippen molar-refractivity contribution in [2.24, 2.45) is 5.92 Å². The molecule has 0 fully saturated rings. The average Bonchev–Trinajstić information content (AvgIpc) is 3.67. The number of rotatable bonds is 6. The van der Waals surface area contributed by atoms with E-state index >= 15 is 0 Å². The molecule has 8 rings (SSSR count). The average molecular weight is 879 g/mol. The molecule has 0 aliphatic heterocycles. The first kappa shape index (κ1) is 34.6. The summed E-state index contributed by atoms with van der Waals surface area (Å²) in [5, 5.41) is 2.19. The summed E-state index contributed by atoms with van der Waals surface area (Å²) in [5.74, 6) is 8.82. The summed E-state index contributed by atoms with van der Waals surface area (Å²) < 4.78 is 9.95. The van der Waals surface area contributed by atoms with Crippen LogP contribution in [0.5, 0.6) is 0 Å². The summed E-state index contributed by atoms with van der Waals surface area (Å²) in [6, 6.07) is 47.6. The van der Waals surface area contributed by atoms with Crippen molar-refractivity contribution in [2.45, 2.75) is 37.5 Å². The van der Waals surface area contributed by atoms with E-state index in [9.17, 15) is 0 Å². The zero-order chi connectivity index (χ0) is 33.3. The van der Waals surface area contributed by atoms with Gasteiger partial charge in [-0.1, -0.05) is 59.5 Å². The smallest absolute Gasteiger partial charge is 0.120 e. The van der Waals surface area contributed by atoms with Gasteiger partial charge < -0.3 is 8.98 Å². The van der Waals surface area contributed by atoms with Crippen molar-refractivity contribution in [1.29, 1.82) is 0 Å². The van der Waals surface area contributed by atoms with E-state index in [-0.39, 0.29) is 20.1 Å². The third kappa shape index (κ3) is 7.21. The molecule has 0 N–H and O–H groups in total. The van der Waals surface area contributed by atoms with E-state index in [1.54, 1.807) is 4.40 Å². The van der Waals surface area contributed by atoms with Gasteiger partial charge in [0.2, 0.25) is 0 Å². The Balaban J connectivity index is 0.000000177. The van der Waals surface area contributed by atoms with E-state index in [0.717, 1.165) is 67.7 Å². The first-order valence-corrected chi connectivity index (χ1v) is 23.9. The number of nitrogens with zero attached hydrogens (tertiary/aromatic N) is 3. The molecule has 0 atom stereocenters. The van der Waals surface area contributed by atoms with Gasteiger partial charge in [-0.2, -0.15) is 0 Å². The zero-order valence-electron chi connectivity index (χ0n) is 28.5. The second-order valence-corrected chi connectivity index (χ2v) is 24.2. The van der Waals surface area contributed by atoms with Crippen LogP contribution in [0.3, 0.4) is 0 Å². The number of hydrogen-bond acceptors (Lipinski definition) is 3. The van der Waals surface area contributed by atoms with E-state index in [1.165, 1.54) is 5.56 Å². The molecule has 8 aromatic rings. The fourth-order valence-electron chi connectivity index (χ4n) is 6.37. The van der Waals surface area contributed by atoms with Crippen LogP contribution in [0.4, 0.5) is 0 Å². The summed E-state index contributed by atoms with van der Waals surface area (Å²) in [5.41, 5.74) is 9.27.